The normalized spacial score (nSPS) is 13.8. The van der Waals surface area contributed by atoms with Gasteiger partial charge in [-0.1, -0.05) is 30.7 Å². The van der Waals surface area contributed by atoms with Crippen LogP contribution in [0, 0.1) is 0 Å². The van der Waals surface area contributed by atoms with Crippen LogP contribution in [0.2, 0.25) is 5.02 Å². The zero-order valence-corrected chi connectivity index (χ0v) is 15.0. The molecule has 1 unspecified atom stereocenters. The van der Waals surface area contributed by atoms with Gasteiger partial charge < -0.3 is 14.8 Å². The van der Waals surface area contributed by atoms with E-state index in [4.69, 9.17) is 21.1 Å². The minimum absolute atomic E-state index is 0.212. The molecule has 0 aromatic heterocycles. The zero-order chi connectivity index (χ0) is 17.7. The van der Waals surface area contributed by atoms with Crippen LogP contribution in [0.1, 0.15) is 46.6 Å². The van der Waals surface area contributed by atoms with Crippen LogP contribution in [0.3, 0.4) is 0 Å². The molecule has 5 nitrogen and oxygen atoms in total. The Bertz CT molecular complexity index is 551. The highest BCUT2D eigenvalue weighted by Crippen LogP contribution is 2.29. The zero-order valence-electron chi connectivity index (χ0n) is 14.2. The van der Waals surface area contributed by atoms with E-state index in [1.54, 1.807) is 58.9 Å². The van der Waals surface area contributed by atoms with Crippen molar-refractivity contribution >= 4 is 23.7 Å². The van der Waals surface area contributed by atoms with Gasteiger partial charge in [0.25, 0.3) is 0 Å². The van der Waals surface area contributed by atoms with Gasteiger partial charge in [-0.3, -0.25) is 0 Å². The number of ether oxygens (including phenoxy) is 2. The van der Waals surface area contributed by atoms with E-state index in [0.717, 1.165) is 0 Å². The van der Waals surface area contributed by atoms with Crippen LogP contribution in [0.25, 0.3) is 0 Å². The van der Waals surface area contributed by atoms with Crippen molar-refractivity contribution in [2.45, 2.75) is 52.2 Å². The van der Waals surface area contributed by atoms with Crippen molar-refractivity contribution < 1.29 is 19.1 Å². The first-order chi connectivity index (χ1) is 10.6. The summed E-state index contributed by atoms with van der Waals surface area (Å²) in [6.45, 7) is 8.99. The van der Waals surface area contributed by atoms with Gasteiger partial charge in [0.15, 0.2) is 5.54 Å². The molecule has 1 aromatic carbocycles. The predicted molar refractivity (Wildman–Crippen MR) is 89.4 cm³/mol. The number of nitrogens with one attached hydrogen (secondary N) is 1. The smallest absolute Gasteiger partial charge is 0.408 e. The lowest BCUT2D eigenvalue weighted by molar-refractivity contribution is -0.152. The Hall–Kier alpha value is -1.75. The summed E-state index contributed by atoms with van der Waals surface area (Å²) in [5.74, 6) is -0.532. The Morgan fingerprint density at radius 3 is 2.13 bits per heavy atom. The van der Waals surface area contributed by atoms with E-state index in [1.807, 2.05) is 0 Å². The molecule has 0 bridgehead atoms. The van der Waals surface area contributed by atoms with Crippen molar-refractivity contribution in [3.8, 4) is 0 Å². The minimum Gasteiger partial charge on any atom is -0.464 e. The Labute approximate surface area is 142 Å². The van der Waals surface area contributed by atoms with E-state index in [1.165, 1.54) is 0 Å². The number of hydrogen-bond acceptors (Lipinski definition) is 4. The predicted octanol–water partition coefficient (Wildman–Crippen LogP) is 4.03. The maximum absolute atomic E-state index is 12.6. The second kappa shape index (κ2) is 7.68. The quantitative estimate of drug-likeness (QED) is 0.821. The lowest BCUT2D eigenvalue weighted by atomic mass is 9.87. The van der Waals surface area contributed by atoms with E-state index in [9.17, 15) is 9.59 Å². The average Bonchev–Trinajstić information content (AvgIpc) is 2.44. The Morgan fingerprint density at radius 1 is 1.13 bits per heavy atom. The second-order valence-electron chi connectivity index (χ2n) is 6.11. The number of benzene rings is 1. The van der Waals surface area contributed by atoms with Gasteiger partial charge in [0, 0.05) is 5.02 Å². The topological polar surface area (TPSA) is 64.6 Å². The number of rotatable bonds is 5. The van der Waals surface area contributed by atoms with Crippen molar-refractivity contribution in [1.29, 1.82) is 0 Å². The molecule has 128 valence electrons. The summed E-state index contributed by atoms with van der Waals surface area (Å²) in [5, 5.41) is 3.22. The third-order valence-electron chi connectivity index (χ3n) is 3.21. The van der Waals surface area contributed by atoms with Gasteiger partial charge in [0.2, 0.25) is 0 Å². The number of hydrogen-bond donors (Lipinski definition) is 1. The third kappa shape index (κ3) is 5.13. The molecule has 0 aliphatic rings. The van der Waals surface area contributed by atoms with E-state index < -0.39 is 23.2 Å². The highest BCUT2D eigenvalue weighted by Gasteiger charge is 2.42. The SMILES string of the molecule is CCOC(=O)C(CC)(NC(=O)OC(C)(C)C)c1ccc(Cl)cc1. The Kier molecular flexibility index (Phi) is 6.45. The molecule has 0 aliphatic heterocycles. The van der Waals surface area contributed by atoms with Gasteiger partial charge >= 0.3 is 12.1 Å². The molecule has 1 amide bonds. The first-order valence-corrected chi connectivity index (χ1v) is 7.97. The average molecular weight is 342 g/mol. The van der Waals surface area contributed by atoms with E-state index in [0.29, 0.717) is 17.0 Å². The summed E-state index contributed by atoms with van der Waals surface area (Å²) >= 11 is 5.91. The molecular formula is C17H24ClNO4. The molecule has 1 N–H and O–H groups in total. The van der Waals surface area contributed by atoms with Gasteiger partial charge in [-0.25, -0.2) is 9.59 Å². The highest BCUT2D eigenvalue weighted by atomic mass is 35.5. The third-order valence-corrected chi connectivity index (χ3v) is 3.46. The number of halogens is 1. The van der Waals surface area contributed by atoms with Crippen molar-refractivity contribution in [2.75, 3.05) is 6.61 Å². The molecule has 0 radical (unpaired) electrons. The molecule has 0 aliphatic carbocycles. The number of esters is 1. The molecule has 1 aromatic rings. The van der Waals surface area contributed by atoms with Crippen LogP contribution in [-0.2, 0) is 19.8 Å². The van der Waals surface area contributed by atoms with Gasteiger partial charge in [-0.05, 0) is 51.8 Å². The molecule has 0 spiro atoms. The van der Waals surface area contributed by atoms with Crippen molar-refractivity contribution in [3.63, 3.8) is 0 Å². The van der Waals surface area contributed by atoms with Crippen LogP contribution in [0.15, 0.2) is 24.3 Å². The van der Waals surface area contributed by atoms with Gasteiger partial charge in [-0.15, -0.1) is 0 Å². The molecule has 0 saturated heterocycles. The molecule has 1 atom stereocenters. The Morgan fingerprint density at radius 2 is 1.70 bits per heavy atom. The standard InChI is InChI=1S/C17H24ClNO4/c1-6-17(14(20)22-7-2,12-8-10-13(18)11-9-12)19-15(21)23-16(3,4)5/h8-11H,6-7H2,1-5H3,(H,19,21). The van der Waals surface area contributed by atoms with Gasteiger partial charge in [-0.2, -0.15) is 0 Å². The maximum atomic E-state index is 12.6. The number of alkyl carbamates (subject to hydrolysis) is 1. The largest absolute Gasteiger partial charge is 0.464 e. The summed E-state index contributed by atoms with van der Waals surface area (Å²) in [6.07, 6.45) is -0.366. The fourth-order valence-electron chi connectivity index (χ4n) is 2.14. The van der Waals surface area contributed by atoms with Gasteiger partial charge in [0.05, 0.1) is 6.61 Å². The fraction of sp³-hybridized carbons (Fsp3) is 0.529. The molecule has 23 heavy (non-hydrogen) atoms. The van der Waals surface area contributed by atoms with Crippen LogP contribution in [0.4, 0.5) is 4.79 Å². The summed E-state index contributed by atoms with van der Waals surface area (Å²) in [5.41, 5.74) is -1.39. The molecule has 0 saturated carbocycles. The summed E-state index contributed by atoms with van der Waals surface area (Å²) in [4.78, 5) is 24.8. The summed E-state index contributed by atoms with van der Waals surface area (Å²) in [7, 11) is 0. The fourth-order valence-corrected chi connectivity index (χ4v) is 2.27. The van der Waals surface area contributed by atoms with Gasteiger partial charge in [0.1, 0.15) is 5.60 Å². The van der Waals surface area contributed by atoms with E-state index in [2.05, 4.69) is 5.32 Å². The number of carbonyl (C=O) groups is 2. The first-order valence-electron chi connectivity index (χ1n) is 7.59. The Balaban J connectivity index is 3.21. The molecule has 6 heteroatoms. The van der Waals surface area contributed by atoms with Crippen molar-refractivity contribution in [1.82, 2.24) is 5.32 Å². The first kappa shape index (κ1) is 19.3. The van der Waals surface area contributed by atoms with Crippen molar-refractivity contribution in [3.05, 3.63) is 34.9 Å². The number of carbonyl (C=O) groups excluding carboxylic acids is 2. The van der Waals surface area contributed by atoms with E-state index >= 15 is 0 Å². The van der Waals surface area contributed by atoms with Crippen molar-refractivity contribution in [2.24, 2.45) is 0 Å². The molecule has 0 fully saturated rings. The second-order valence-corrected chi connectivity index (χ2v) is 6.55. The summed E-state index contributed by atoms with van der Waals surface area (Å²) < 4.78 is 10.5. The lowest BCUT2D eigenvalue weighted by Crippen LogP contribution is -2.53. The van der Waals surface area contributed by atoms with Crippen LogP contribution >= 0.6 is 11.6 Å². The summed E-state index contributed by atoms with van der Waals surface area (Å²) in [6, 6.07) is 6.72. The monoisotopic (exact) mass is 341 g/mol. The van der Waals surface area contributed by atoms with Crippen LogP contribution < -0.4 is 5.32 Å². The molecule has 1 rings (SSSR count). The maximum Gasteiger partial charge on any atom is 0.408 e. The van der Waals surface area contributed by atoms with Crippen LogP contribution in [0.5, 0.6) is 0 Å². The molecule has 0 heterocycles. The van der Waals surface area contributed by atoms with E-state index in [-0.39, 0.29) is 6.61 Å². The highest BCUT2D eigenvalue weighted by molar-refractivity contribution is 6.30. The molecular weight excluding hydrogens is 318 g/mol. The number of amides is 1. The minimum atomic E-state index is -1.32. The lowest BCUT2D eigenvalue weighted by Gasteiger charge is -2.33. The van der Waals surface area contributed by atoms with Crippen LogP contribution in [-0.4, -0.2) is 24.3 Å².